The number of benzene rings is 1. The molecule has 0 aliphatic heterocycles. The summed E-state index contributed by atoms with van der Waals surface area (Å²) in [5.41, 5.74) is 1.60. The highest BCUT2D eigenvalue weighted by Crippen LogP contribution is 2.37. The van der Waals surface area contributed by atoms with E-state index in [2.05, 4.69) is 15.3 Å². The fraction of sp³-hybridized carbons (Fsp3) is 0.133. The third-order valence-corrected chi connectivity index (χ3v) is 3.95. The minimum absolute atomic E-state index is 0.210. The van der Waals surface area contributed by atoms with Crippen LogP contribution in [0.5, 0.6) is 11.5 Å². The van der Waals surface area contributed by atoms with Crippen molar-refractivity contribution in [3.05, 3.63) is 40.8 Å². The first-order valence-corrected chi connectivity index (χ1v) is 7.33. The van der Waals surface area contributed by atoms with E-state index in [0.29, 0.717) is 33.1 Å². The molecule has 1 aromatic carbocycles. The van der Waals surface area contributed by atoms with Gasteiger partial charge in [0.15, 0.2) is 5.75 Å². The molecule has 0 fully saturated rings. The second-order valence-electron chi connectivity index (χ2n) is 4.34. The number of anilines is 1. The zero-order chi connectivity index (χ0) is 15.5. The molecule has 1 amide bonds. The maximum atomic E-state index is 12.2. The summed E-state index contributed by atoms with van der Waals surface area (Å²) in [6.45, 7) is 0. The van der Waals surface area contributed by atoms with E-state index in [1.54, 1.807) is 31.6 Å². The highest BCUT2D eigenvalue weighted by molar-refractivity contribution is 7.12. The summed E-state index contributed by atoms with van der Waals surface area (Å²) in [5.74, 6) is 0.762. The first kappa shape index (κ1) is 14.3. The van der Waals surface area contributed by atoms with Crippen LogP contribution in [0.15, 0.2) is 36.0 Å². The number of hydrogen-bond donors (Lipinski definition) is 1. The average molecular weight is 315 g/mol. The summed E-state index contributed by atoms with van der Waals surface area (Å²) in [5, 5.41) is 4.68. The van der Waals surface area contributed by atoms with E-state index in [9.17, 15) is 4.79 Å². The van der Waals surface area contributed by atoms with E-state index in [4.69, 9.17) is 9.47 Å². The van der Waals surface area contributed by atoms with Crippen LogP contribution in [0, 0.1) is 0 Å². The quantitative estimate of drug-likeness (QED) is 0.801. The number of fused-ring (bicyclic) bond motifs is 1. The van der Waals surface area contributed by atoms with Gasteiger partial charge in [-0.15, -0.1) is 11.3 Å². The molecule has 1 N–H and O–H groups in total. The lowest BCUT2D eigenvalue weighted by molar-refractivity contribution is 0.103. The van der Waals surface area contributed by atoms with E-state index in [1.807, 2.05) is 11.4 Å². The molecule has 0 atom stereocenters. The number of ether oxygens (including phenoxy) is 2. The first-order chi connectivity index (χ1) is 10.7. The number of thiophene rings is 1. The summed E-state index contributed by atoms with van der Waals surface area (Å²) >= 11 is 1.37. The Balaban J connectivity index is 2.10. The lowest BCUT2D eigenvalue weighted by Gasteiger charge is -2.14. The van der Waals surface area contributed by atoms with Crippen LogP contribution in [0.1, 0.15) is 9.67 Å². The molecule has 112 valence electrons. The van der Waals surface area contributed by atoms with Gasteiger partial charge in [0.1, 0.15) is 16.8 Å². The molecule has 7 heteroatoms. The van der Waals surface area contributed by atoms with Gasteiger partial charge in [0.05, 0.1) is 24.8 Å². The number of amides is 1. The van der Waals surface area contributed by atoms with Crippen molar-refractivity contribution in [1.29, 1.82) is 0 Å². The third-order valence-electron chi connectivity index (χ3n) is 3.08. The van der Waals surface area contributed by atoms with Gasteiger partial charge in [-0.25, -0.2) is 9.97 Å². The van der Waals surface area contributed by atoms with Crippen molar-refractivity contribution in [2.75, 3.05) is 19.5 Å². The summed E-state index contributed by atoms with van der Waals surface area (Å²) < 4.78 is 10.7. The summed E-state index contributed by atoms with van der Waals surface area (Å²) in [4.78, 5) is 21.4. The minimum atomic E-state index is -0.210. The lowest BCUT2D eigenvalue weighted by atomic mass is 10.2. The molecule has 6 nitrogen and oxygen atoms in total. The minimum Gasteiger partial charge on any atom is -0.494 e. The van der Waals surface area contributed by atoms with Crippen LogP contribution >= 0.6 is 11.3 Å². The Bertz CT molecular complexity index is 818. The number of carbonyl (C=O) groups is 1. The van der Waals surface area contributed by atoms with Crippen molar-refractivity contribution < 1.29 is 14.3 Å². The fourth-order valence-electron chi connectivity index (χ4n) is 2.12. The Labute approximate surface area is 130 Å². The second kappa shape index (κ2) is 5.98. The molecule has 0 saturated carbocycles. The van der Waals surface area contributed by atoms with Crippen molar-refractivity contribution in [2.24, 2.45) is 0 Å². The number of nitrogens with one attached hydrogen (secondary N) is 1. The third kappa shape index (κ3) is 2.46. The van der Waals surface area contributed by atoms with E-state index in [0.717, 1.165) is 0 Å². The van der Waals surface area contributed by atoms with Gasteiger partial charge in [-0.2, -0.15) is 0 Å². The Morgan fingerprint density at radius 1 is 1.18 bits per heavy atom. The second-order valence-corrected chi connectivity index (χ2v) is 5.29. The zero-order valence-electron chi connectivity index (χ0n) is 12.0. The van der Waals surface area contributed by atoms with E-state index in [1.165, 1.54) is 18.4 Å². The monoisotopic (exact) mass is 315 g/mol. The molecule has 2 heterocycles. The molecule has 22 heavy (non-hydrogen) atoms. The summed E-state index contributed by atoms with van der Waals surface area (Å²) in [7, 11) is 3.07. The van der Waals surface area contributed by atoms with Crippen LogP contribution in [0.3, 0.4) is 0 Å². The molecule has 0 aliphatic carbocycles. The maximum Gasteiger partial charge on any atom is 0.265 e. The zero-order valence-corrected chi connectivity index (χ0v) is 12.8. The molecule has 2 aromatic heterocycles. The molecule has 0 spiro atoms. The highest BCUT2D eigenvalue weighted by Gasteiger charge is 2.18. The van der Waals surface area contributed by atoms with Crippen molar-refractivity contribution >= 4 is 34.0 Å². The standard InChI is InChI=1S/C15H13N3O3S/c1-20-10-8-9(18-15(19)11-4-3-7-22-11)14(21-2)13-12(10)16-5-6-17-13/h3-8H,1-2H3,(H,18,19). The van der Waals surface area contributed by atoms with Crippen LogP contribution in [-0.4, -0.2) is 30.1 Å². The van der Waals surface area contributed by atoms with Crippen LogP contribution < -0.4 is 14.8 Å². The van der Waals surface area contributed by atoms with Crippen LogP contribution in [-0.2, 0) is 0 Å². The average Bonchev–Trinajstić information content (AvgIpc) is 3.08. The van der Waals surface area contributed by atoms with Gasteiger partial charge in [0.2, 0.25) is 0 Å². The summed E-state index contributed by atoms with van der Waals surface area (Å²) in [6, 6.07) is 5.26. The molecule has 3 rings (SSSR count). The Morgan fingerprint density at radius 3 is 2.59 bits per heavy atom. The van der Waals surface area contributed by atoms with Crippen LogP contribution in [0.2, 0.25) is 0 Å². The van der Waals surface area contributed by atoms with Crippen molar-refractivity contribution in [1.82, 2.24) is 9.97 Å². The summed E-state index contributed by atoms with van der Waals surface area (Å²) in [6.07, 6.45) is 3.14. The molecular formula is C15H13N3O3S. The number of aromatic nitrogens is 2. The molecule has 3 aromatic rings. The smallest absolute Gasteiger partial charge is 0.265 e. The molecule has 0 bridgehead atoms. The van der Waals surface area contributed by atoms with Gasteiger partial charge in [-0.05, 0) is 11.4 Å². The normalized spacial score (nSPS) is 10.5. The Hall–Kier alpha value is -2.67. The van der Waals surface area contributed by atoms with E-state index >= 15 is 0 Å². The van der Waals surface area contributed by atoms with E-state index < -0.39 is 0 Å². The Morgan fingerprint density at radius 2 is 1.95 bits per heavy atom. The predicted molar refractivity (Wildman–Crippen MR) is 84.9 cm³/mol. The number of methoxy groups -OCH3 is 2. The molecule has 0 unspecified atom stereocenters. The largest absolute Gasteiger partial charge is 0.494 e. The van der Waals surface area contributed by atoms with Gasteiger partial charge in [-0.3, -0.25) is 4.79 Å². The topological polar surface area (TPSA) is 73.3 Å². The van der Waals surface area contributed by atoms with Gasteiger partial charge < -0.3 is 14.8 Å². The van der Waals surface area contributed by atoms with Crippen LogP contribution in [0.4, 0.5) is 5.69 Å². The number of rotatable bonds is 4. The van der Waals surface area contributed by atoms with Gasteiger partial charge in [0.25, 0.3) is 5.91 Å². The van der Waals surface area contributed by atoms with Gasteiger partial charge >= 0.3 is 0 Å². The maximum absolute atomic E-state index is 12.2. The van der Waals surface area contributed by atoms with Gasteiger partial charge in [0, 0.05) is 18.5 Å². The Kier molecular flexibility index (Phi) is 3.88. The number of carbonyl (C=O) groups excluding carboxylic acids is 1. The van der Waals surface area contributed by atoms with E-state index in [-0.39, 0.29) is 5.91 Å². The SMILES string of the molecule is COc1cc(NC(=O)c2cccs2)c(OC)c2nccnc12. The lowest BCUT2D eigenvalue weighted by Crippen LogP contribution is -2.11. The molecule has 0 aliphatic rings. The predicted octanol–water partition coefficient (Wildman–Crippen LogP) is 2.96. The number of hydrogen-bond acceptors (Lipinski definition) is 6. The first-order valence-electron chi connectivity index (χ1n) is 6.45. The van der Waals surface area contributed by atoms with Crippen molar-refractivity contribution in [3.63, 3.8) is 0 Å². The fourth-order valence-corrected chi connectivity index (χ4v) is 2.74. The van der Waals surface area contributed by atoms with Gasteiger partial charge in [-0.1, -0.05) is 6.07 Å². The molecule has 0 saturated heterocycles. The highest BCUT2D eigenvalue weighted by atomic mass is 32.1. The van der Waals surface area contributed by atoms with Crippen LogP contribution in [0.25, 0.3) is 11.0 Å². The number of nitrogens with zero attached hydrogens (tertiary/aromatic N) is 2. The van der Waals surface area contributed by atoms with Crippen molar-refractivity contribution in [3.8, 4) is 11.5 Å². The molecular weight excluding hydrogens is 302 g/mol. The molecule has 0 radical (unpaired) electrons. The van der Waals surface area contributed by atoms with Crippen molar-refractivity contribution in [2.45, 2.75) is 0 Å².